The predicted octanol–water partition coefficient (Wildman–Crippen LogP) is 6.38. The monoisotopic (exact) mass is 632 g/mol. The molecule has 0 atom stereocenters. The first-order valence-electron chi connectivity index (χ1n) is 9.65. The molecule has 0 bridgehead atoms. The summed E-state index contributed by atoms with van der Waals surface area (Å²) in [5, 5.41) is 0. The van der Waals surface area contributed by atoms with E-state index in [1.807, 2.05) is 0 Å². The van der Waals surface area contributed by atoms with E-state index in [1.165, 1.54) is 77.0 Å². The van der Waals surface area contributed by atoms with Crippen molar-refractivity contribution in [1.29, 1.82) is 0 Å². The number of alkyl halides is 6. The van der Waals surface area contributed by atoms with Crippen molar-refractivity contribution < 1.29 is 83.2 Å². The first-order chi connectivity index (χ1) is 14.0. The van der Waals surface area contributed by atoms with Crippen molar-refractivity contribution in [3.05, 3.63) is 14.9 Å². The van der Waals surface area contributed by atoms with E-state index in [-0.39, 0.29) is 41.1 Å². The molecule has 1 heterocycles. The molecule has 0 unspecified atom stereocenters. The summed E-state index contributed by atoms with van der Waals surface area (Å²) < 4.78 is 120. The van der Waals surface area contributed by atoms with Crippen molar-refractivity contribution in [2.45, 2.75) is 88.1 Å². The third-order valence-corrected chi connectivity index (χ3v) is 5.08. The average Bonchev–Trinajstić information content (AvgIpc) is 3.40. The van der Waals surface area contributed by atoms with Crippen LogP contribution < -0.4 is 0 Å². The Bertz CT molecular complexity index is 554. The standard InChI is InChI=1S/2C5H10.C4H8O.2CHF3O3S.2CH3.Zr/c3*1-2-4-5-3-1;2*2-1(3,4)8(5,6)7;;;/h2*1-5H2;1-4H2;2*(H,5,6,7);2*1H3;/q;;;;;2*-1;+2. The van der Waals surface area contributed by atoms with Crippen LogP contribution in [0.1, 0.15) is 77.0 Å². The fraction of sp³-hybridized carbons (Fsp3) is 0.889. The van der Waals surface area contributed by atoms with E-state index in [4.69, 9.17) is 30.7 Å². The maximum atomic E-state index is 10.7. The van der Waals surface area contributed by atoms with E-state index in [1.54, 1.807) is 0 Å². The molecule has 0 aromatic carbocycles. The van der Waals surface area contributed by atoms with Gasteiger partial charge in [-0.1, -0.05) is 64.2 Å². The van der Waals surface area contributed by atoms with E-state index >= 15 is 0 Å². The molecule has 0 aromatic rings. The molecular weight excluding hydrogens is 598 g/mol. The summed E-state index contributed by atoms with van der Waals surface area (Å²) in [5.41, 5.74) is -11.1. The van der Waals surface area contributed by atoms with Crippen molar-refractivity contribution in [3.8, 4) is 0 Å². The van der Waals surface area contributed by atoms with Gasteiger partial charge in [0.15, 0.2) is 0 Å². The van der Waals surface area contributed by atoms with E-state index in [0.29, 0.717) is 0 Å². The fourth-order valence-electron chi connectivity index (χ4n) is 2.28. The summed E-state index contributed by atoms with van der Waals surface area (Å²) in [6, 6.07) is 0. The number of rotatable bonds is 0. The van der Waals surface area contributed by atoms with Crippen LogP contribution in [-0.4, -0.2) is 50.2 Å². The fourth-order valence-corrected chi connectivity index (χ4v) is 2.28. The Morgan fingerprint density at radius 2 is 0.647 bits per heavy atom. The van der Waals surface area contributed by atoms with Crippen LogP contribution in [0.25, 0.3) is 0 Å². The molecule has 16 heteroatoms. The molecule has 1 aliphatic heterocycles. The molecule has 0 radical (unpaired) electrons. The van der Waals surface area contributed by atoms with Gasteiger partial charge in [0.2, 0.25) is 0 Å². The first-order valence-corrected chi connectivity index (χ1v) is 12.5. The molecule has 2 N–H and O–H groups in total. The second kappa shape index (κ2) is 22.4. The number of ether oxygens (including phenoxy) is 1. The van der Waals surface area contributed by atoms with Gasteiger partial charge in [-0.25, -0.2) is 0 Å². The van der Waals surface area contributed by atoms with Crippen molar-refractivity contribution in [2.24, 2.45) is 0 Å². The van der Waals surface area contributed by atoms with Gasteiger partial charge in [0.25, 0.3) is 0 Å². The maximum absolute atomic E-state index is 10.7. The van der Waals surface area contributed by atoms with Gasteiger partial charge in [-0.3, -0.25) is 9.11 Å². The molecule has 3 aliphatic rings. The first kappa shape index (κ1) is 44.3. The maximum Gasteiger partial charge on any atom is 2.00 e. The van der Waals surface area contributed by atoms with Gasteiger partial charge in [-0.15, -0.1) is 0 Å². The second-order valence-electron chi connectivity index (χ2n) is 6.70. The molecule has 0 aromatic heterocycles. The van der Waals surface area contributed by atoms with Crippen molar-refractivity contribution in [2.75, 3.05) is 13.2 Å². The summed E-state index contributed by atoms with van der Waals surface area (Å²) in [6.45, 7) is 2.00. The Labute approximate surface area is 219 Å². The zero-order chi connectivity index (χ0) is 24.6. The van der Waals surface area contributed by atoms with E-state index < -0.39 is 31.3 Å². The number of halogens is 6. The van der Waals surface area contributed by atoms with Gasteiger partial charge < -0.3 is 19.6 Å². The zero-order valence-electron chi connectivity index (χ0n) is 19.4. The summed E-state index contributed by atoms with van der Waals surface area (Å²) in [5.74, 6) is 0. The quantitative estimate of drug-likeness (QED) is 0.138. The topological polar surface area (TPSA) is 118 Å². The smallest absolute Gasteiger partial charge is 0.381 e. The van der Waals surface area contributed by atoms with Crippen molar-refractivity contribution in [3.63, 3.8) is 0 Å². The summed E-state index contributed by atoms with van der Waals surface area (Å²) in [4.78, 5) is 0. The Morgan fingerprint density at radius 3 is 0.706 bits per heavy atom. The minimum atomic E-state index is -5.84. The van der Waals surface area contributed by atoms with Gasteiger partial charge in [0.05, 0.1) is 0 Å². The summed E-state index contributed by atoms with van der Waals surface area (Å²) in [6.07, 6.45) is 17.6. The predicted molar refractivity (Wildman–Crippen MR) is 114 cm³/mol. The Morgan fingerprint density at radius 1 is 0.500 bits per heavy atom. The minimum Gasteiger partial charge on any atom is -0.381 e. The van der Waals surface area contributed by atoms with Crippen LogP contribution in [0, 0.1) is 14.9 Å². The van der Waals surface area contributed by atoms with Crippen LogP contribution in [0.3, 0.4) is 0 Å². The average molecular weight is 634 g/mol. The van der Waals surface area contributed by atoms with Crippen LogP contribution in [-0.2, 0) is 51.2 Å². The summed E-state index contributed by atoms with van der Waals surface area (Å²) >= 11 is 0. The third-order valence-electron chi connectivity index (χ3n) is 3.91. The Kier molecular flexibility index (Phi) is 29.2. The minimum absolute atomic E-state index is 0. The van der Waals surface area contributed by atoms with Crippen LogP contribution in [0.15, 0.2) is 0 Å². The number of hydrogen-bond acceptors (Lipinski definition) is 5. The SMILES string of the molecule is C1CCCC1.C1CCCC1.C1CCOC1.O=S(=O)(O)C(F)(F)F.O=S(=O)(O)C(F)(F)F.[CH3-].[CH3-].[Zr+2]. The van der Waals surface area contributed by atoms with Gasteiger partial charge in [0.1, 0.15) is 0 Å². The van der Waals surface area contributed by atoms with Crippen molar-refractivity contribution >= 4 is 20.2 Å². The van der Waals surface area contributed by atoms with E-state index in [9.17, 15) is 26.3 Å². The molecule has 3 fully saturated rings. The van der Waals surface area contributed by atoms with Gasteiger partial charge >= 0.3 is 57.5 Å². The molecule has 208 valence electrons. The Hall–Kier alpha value is 0.243. The zero-order valence-corrected chi connectivity index (χ0v) is 23.5. The van der Waals surface area contributed by atoms with E-state index in [2.05, 4.69) is 0 Å². The van der Waals surface area contributed by atoms with Crippen LogP contribution in [0.4, 0.5) is 26.3 Å². The Balaban J connectivity index is -0.000000102. The van der Waals surface area contributed by atoms with Gasteiger partial charge in [0, 0.05) is 13.2 Å². The molecular formula is C18H36F6O7S2Zr. The van der Waals surface area contributed by atoms with E-state index in [0.717, 1.165) is 13.2 Å². The van der Waals surface area contributed by atoms with Gasteiger partial charge in [-0.05, 0) is 12.8 Å². The molecule has 1 saturated heterocycles. The van der Waals surface area contributed by atoms with Crippen LogP contribution >= 0.6 is 0 Å². The van der Waals surface area contributed by atoms with Crippen LogP contribution in [0.2, 0.25) is 0 Å². The molecule has 7 nitrogen and oxygen atoms in total. The molecule has 2 saturated carbocycles. The second-order valence-corrected chi connectivity index (χ2v) is 9.52. The van der Waals surface area contributed by atoms with Gasteiger partial charge in [-0.2, -0.15) is 43.2 Å². The largest absolute Gasteiger partial charge is 2.00 e. The van der Waals surface area contributed by atoms with Crippen LogP contribution in [0.5, 0.6) is 0 Å². The van der Waals surface area contributed by atoms with Crippen molar-refractivity contribution in [1.82, 2.24) is 0 Å². The normalized spacial score (nSPS) is 17.2. The molecule has 2 aliphatic carbocycles. The summed E-state index contributed by atoms with van der Waals surface area (Å²) in [7, 11) is -11.7. The molecule has 3 rings (SSSR count). The number of hydrogen-bond donors (Lipinski definition) is 2. The molecule has 34 heavy (non-hydrogen) atoms. The third kappa shape index (κ3) is 28.5. The molecule has 0 spiro atoms. The molecule has 0 amide bonds.